The minimum Gasteiger partial charge on any atom is -0.508 e. The lowest BCUT2D eigenvalue weighted by atomic mass is 9.99. The predicted octanol–water partition coefficient (Wildman–Crippen LogP) is 3.25. The molecule has 0 saturated carbocycles. The Labute approximate surface area is 166 Å². The maximum Gasteiger partial charge on any atom is 0.253 e. The highest BCUT2D eigenvalue weighted by Crippen LogP contribution is 2.28. The molecule has 5 nitrogen and oxygen atoms in total. The molecule has 0 aromatic heterocycles. The van der Waals surface area contributed by atoms with Crippen molar-refractivity contribution in [2.24, 2.45) is 0 Å². The highest BCUT2D eigenvalue weighted by atomic mass is 16.3. The fraction of sp³-hybridized carbons (Fsp3) is 0.435. The molecule has 0 spiro atoms. The number of carbonyl (C=O) groups is 1. The summed E-state index contributed by atoms with van der Waals surface area (Å²) in [6, 6.07) is 13.4. The maximum absolute atomic E-state index is 13.0. The van der Waals surface area contributed by atoms with Crippen molar-refractivity contribution in [1.82, 2.24) is 9.80 Å². The Morgan fingerprint density at radius 3 is 2.39 bits per heavy atom. The Balaban J connectivity index is 1.46. The van der Waals surface area contributed by atoms with Gasteiger partial charge in [0.15, 0.2) is 0 Å². The third-order valence-corrected chi connectivity index (χ3v) is 6.10. The van der Waals surface area contributed by atoms with Crippen LogP contribution in [0.15, 0.2) is 42.5 Å². The van der Waals surface area contributed by atoms with Gasteiger partial charge < -0.3 is 20.0 Å². The first-order chi connectivity index (χ1) is 13.7. The molecule has 2 saturated heterocycles. The van der Waals surface area contributed by atoms with E-state index in [2.05, 4.69) is 4.90 Å². The van der Waals surface area contributed by atoms with Crippen molar-refractivity contribution in [2.45, 2.75) is 38.3 Å². The Hall–Kier alpha value is -2.37. The second-order valence-corrected chi connectivity index (χ2v) is 7.85. The van der Waals surface area contributed by atoms with Crippen molar-refractivity contribution < 1.29 is 15.0 Å². The van der Waals surface area contributed by atoms with Crippen LogP contribution in [0.1, 0.15) is 41.6 Å². The lowest BCUT2D eigenvalue weighted by Gasteiger charge is -2.36. The van der Waals surface area contributed by atoms with Crippen LogP contribution in [-0.2, 0) is 6.61 Å². The van der Waals surface area contributed by atoms with E-state index in [1.807, 2.05) is 29.2 Å². The Morgan fingerprint density at radius 2 is 1.68 bits per heavy atom. The van der Waals surface area contributed by atoms with E-state index in [0.29, 0.717) is 17.2 Å². The normalized spacial score (nSPS) is 18.5. The molecule has 2 aliphatic heterocycles. The number of aromatic hydroxyl groups is 1. The van der Waals surface area contributed by atoms with Crippen molar-refractivity contribution in [2.75, 3.05) is 26.2 Å². The first-order valence-corrected chi connectivity index (χ1v) is 10.2. The number of nitrogens with zero attached hydrogens (tertiary/aromatic N) is 2. The van der Waals surface area contributed by atoms with Gasteiger partial charge in [0.05, 0.1) is 6.61 Å². The summed E-state index contributed by atoms with van der Waals surface area (Å²) in [6.07, 6.45) is 4.73. The average Bonchev–Trinajstić information content (AvgIpc) is 3.29. The van der Waals surface area contributed by atoms with Crippen molar-refractivity contribution in [3.63, 3.8) is 0 Å². The molecule has 5 heteroatoms. The van der Waals surface area contributed by atoms with Gasteiger partial charge in [0.2, 0.25) is 0 Å². The second kappa shape index (κ2) is 8.33. The molecule has 0 unspecified atom stereocenters. The summed E-state index contributed by atoms with van der Waals surface area (Å²) in [5.41, 5.74) is 2.96. The summed E-state index contributed by atoms with van der Waals surface area (Å²) >= 11 is 0. The van der Waals surface area contributed by atoms with Gasteiger partial charge in [-0.05, 0) is 74.2 Å². The zero-order valence-corrected chi connectivity index (χ0v) is 16.2. The number of aliphatic hydroxyl groups excluding tert-OH is 1. The maximum atomic E-state index is 13.0. The number of rotatable bonds is 4. The van der Waals surface area contributed by atoms with Crippen LogP contribution in [0.2, 0.25) is 0 Å². The Morgan fingerprint density at radius 1 is 0.964 bits per heavy atom. The molecule has 2 aromatic rings. The number of hydrogen-bond acceptors (Lipinski definition) is 4. The van der Waals surface area contributed by atoms with Gasteiger partial charge in [-0.25, -0.2) is 0 Å². The summed E-state index contributed by atoms with van der Waals surface area (Å²) in [7, 11) is 0. The van der Waals surface area contributed by atoms with Gasteiger partial charge in [-0.3, -0.25) is 4.79 Å². The van der Waals surface area contributed by atoms with Crippen LogP contribution in [-0.4, -0.2) is 58.1 Å². The molecule has 0 aliphatic carbocycles. The number of likely N-dealkylation sites (tertiary alicyclic amines) is 2. The molecule has 2 fully saturated rings. The topological polar surface area (TPSA) is 64.0 Å². The molecule has 0 atom stereocenters. The van der Waals surface area contributed by atoms with Crippen LogP contribution in [0.5, 0.6) is 5.75 Å². The highest BCUT2D eigenvalue weighted by Gasteiger charge is 2.28. The molecule has 2 heterocycles. The van der Waals surface area contributed by atoms with Crippen molar-refractivity contribution in [3.05, 3.63) is 53.6 Å². The van der Waals surface area contributed by atoms with E-state index >= 15 is 0 Å². The van der Waals surface area contributed by atoms with Gasteiger partial charge in [0, 0.05) is 30.3 Å². The van der Waals surface area contributed by atoms with Crippen LogP contribution in [0.25, 0.3) is 11.1 Å². The van der Waals surface area contributed by atoms with E-state index in [-0.39, 0.29) is 18.3 Å². The van der Waals surface area contributed by atoms with Gasteiger partial charge in [0.1, 0.15) is 5.75 Å². The number of phenols is 1. The number of piperidine rings is 1. The number of carbonyl (C=O) groups excluding carboxylic acids is 1. The van der Waals surface area contributed by atoms with Crippen LogP contribution in [0, 0.1) is 0 Å². The van der Waals surface area contributed by atoms with Crippen molar-refractivity contribution >= 4 is 5.91 Å². The summed E-state index contributed by atoms with van der Waals surface area (Å²) in [4.78, 5) is 17.6. The average molecular weight is 380 g/mol. The van der Waals surface area contributed by atoms with Gasteiger partial charge in [-0.2, -0.15) is 0 Å². The SMILES string of the molecule is O=C(c1cccc(-c2ccc(O)c(CO)c2)c1)N1CCC(N2CCCC2)CC1. The Kier molecular flexibility index (Phi) is 5.64. The van der Waals surface area contributed by atoms with Gasteiger partial charge in [-0.15, -0.1) is 0 Å². The summed E-state index contributed by atoms with van der Waals surface area (Å²) < 4.78 is 0. The van der Waals surface area contributed by atoms with E-state index in [1.54, 1.807) is 18.2 Å². The van der Waals surface area contributed by atoms with Crippen LogP contribution in [0.3, 0.4) is 0 Å². The smallest absolute Gasteiger partial charge is 0.253 e. The molecule has 2 aliphatic rings. The second-order valence-electron chi connectivity index (χ2n) is 7.85. The molecule has 0 radical (unpaired) electrons. The monoisotopic (exact) mass is 380 g/mol. The Bertz CT molecular complexity index is 837. The zero-order valence-electron chi connectivity index (χ0n) is 16.2. The highest BCUT2D eigenvalue weighted by molar-refractivity contribution is 5.95. The number of amides is 1. The summed E-state index contributed by atoms with van der Waals surface area (Å²) in [6.45, 7) is 3.84. The number of benzene rings is 2. The molecular formula is C23H28N2O3. The van der Waals surface area contributed by atoms with Gasteiger partial charge in [0.25, 0.3) is 5.91 Å². The minimum atomic E-state index is -0.218. The lowest BCUT2D eigenvalue weighted by molar-refractivity contribution is 0.0644. The first kappa shape index (κ1) is 19.0. The first-order valence-electron chi connectivity index (χ1n) is 10.2. The molecule has 1 amide bonds. The van der Waals surface area contributed by atoms with Gasteiger partial charge in [-0.1, -0.05) is 18.2 Å². The van der Waals surface area contributed by atoms with Crippen molar-refractivity contribution in [3.8, 4) is 16.9 Å². The van der Waals surface area contributed by atoms with Crippen LogP contribution < -0.4 is 0 Å². The lowest BCUT2D eigenvalue weighted by Crippen LogP contribution is -2.45. The zero-order chi connectivity index (χ0) is 19.5. The fourth-order valence-corrected chi connectivity index (χ4v) is 4.45. The molecule has 2 N–H and O–H groups in total. The van der Waals surface area contributed by atoms with E-state index < -0.39 is 0 Å². The largest absolute Gasteiger partial charge is 0.508 e. The number of aliphatic hydroxyl groups is 1. The van der Waals surface area contributed by atoms with E-state index in [0.717, 1.165) is 37.1 Å². The molecule has 4 rings (SSSR count). The third-order valence-electron chi connectivity index (χ3n) is 6.10. The molecule has 148 valence electrons. The van der Waals surface area contributed by atoms with E-state index in [1.165, 1.54) is 25.9 Å². The molecular weight excluding hydrogens is 352 g/mol. The minimum absolute atomic E-state index is 0.0827. The fourth-order valence-electron chi connectivity index (χ4n) is 4.45. The quantitative estimate of drug-likeness (QED) is 0.855. The molecule has 28 heavy (non-hydrogen) atoms. The van der Waals surface area contributed by atoms with Gasteiger partial charge >= 0.3 is 0 Å². The third kappa shape index (κ3) is 3.91. The molecule has 0 bridgehead atoms. The summed E-state index contributed by atoms with van der Waals surface area (Å²) in [5, 5.41) is 19.1. The van der Waals surface area contributed by atoms with Crippen LogP contribution in [0.4, 0.5) is 0 Å². The molecule has 2 aromatic carbocycles. The van der Waals surface area contributed by atoms with E-state index in [4.69, 9.17) is 0 Å². The predicted molar refractivity (Wildman–Crippen MR) is 109 cm³/mol. The standard InChI is InChI=1S/C23H28N2O3/c26-16-20-15-18(6-7-22(20)27)17-4-3-5-19(14-17)23(28)25-12-8-21(9-13-25)24-10-1-2-11-24/h3-7,14-15,21,26-27H,1-2,8-13,16H2. The van der Waals surface area contributed by atoms with Crippen molar-refractivity contribution in [1.29, 1.82) is 0 Å². The van der Waals surface area contributed by atoms with Crippen LogP contribution >= 0.6 is 0 Å². The summed E-state index contributed by atoms with van der Waals surface area (Å²) in [5.74, 6) is 0.169. The number of hydrogen-bond donors (Lipinski definition) is 2. The van der Waals surface area contributed by atoms with E-state index in [9.17, 15) is 15.0 Å².